The number of ether oxygens (including phenoxy) is 2. The number of methoxy groups -OCH3 is 1. The third-order valence-electron chi connectivity index (χ3n) is 4.10. The Labute approximate surface area is 151 Å². The average Bonchev–Trinajstić information content (AvgIpc) is 2.63. The Kier molecular flexibility index (Phi) is 5.97. The van der Waals surface area contributed by atoms with Crippen LogP contribution in [0.15, 0.2) is 42.5 Å². The standard InChI is InChI=1S/C19H22N2O5/c1-12-6-4-5-7-14(12)17(23)26-16-9-8-13(10-15(16)22)11-19(2,21-20)18(24)25-3/h4-10,21-22H,11,20H2,1-3H3. The normalized spacial score (nSPS) is 12.9. The van der Waals surface area contributed by atoms with Crippen molar-refractivity contribution in [2.75, 3.05) is 7.11 Å². The van der Waals surface area contributed by atoms with E-state index in [9.17, 15) is 14.7 Å². The number of hydrazine groups is 1. The Morgan fingerprint density at radius 3 is 2.50 bits per heavy atom. The number of nitrogens with two attached hydrogens (primary N) is 1. The van der Waals surface area contributed by atoms with Crippen LogP contribution in [0.5, 0.6) is 11.5 Å². The summed E-state index contributed by atoms with van der Waals surface area (Å²) in [5.41, 5.74) is 3.09. The number of carbonyl (C=O) groups is 2. The lowest BCUT2D eigenvalue weighted by molar-refractivity contribution is -0.147. The largest absolute Gasteiger partial charge is 0.504 e. The molecule has 0 bridgehead atoms. The summed E-state index contributed by atoms with van der Waals surface area (Å²) in [5, 5.41) is 10.2. The minimum Gasteiger partial charge on any atom is -0.504 e. The van der Waals surface area contributed by atoms with Crippen molar-refractivity contribution in [3.8, 4) is 11.5 Å². The van der Waals surface area contributed by atoms with Crippen LogP contribution in [0, 0.1) is 6.92 Å². The maximum absolute atomic E-state index is 12.3. The molecule has 4 N–H and O–H groups in total. The van der Waals surface area contributed by atoms with E-state index in [-0.39, 0.29) is 17.9 Å². The topological polar surface area (TPSA) is 111 Å². The lowest BCUT2D eigenvalue weighted by atomic mass is 9.93. The van der Waals surface area contributed by atoms with Crippen LogP contribution in [0.2, 0.25) is 0 Å². The van der Waals surface area contributed by atoms with E-state index in [4.69, 9.17) is 15.3 Å². The second-order valence-electron chi connectivity index (χ2n) is 6.15. The van der Waals surface area contributed by atoms with E-state index < -0.39 is 17.5 Å². The molecule has 2 rings (SSSR count). The van der Waals surface area contributed by atoms with Gasteiger partial charge in [-0.3, -0.25) is 10.6 Å². The molecule has 0 amide bonds. The van der Waals surface area contributed by atoms with Crippen molar-refractivity contribution >= 4 is 11.9 Å². The van der Waals surface area contributed by atoms with Crippen LogP contribution < -0.4 is 16.0 Å². The molecule has 7 nitrogen and oxygen atoms in total. The van der Waals surface area contributed by atoms with Crippen LogP contribution in [0.4, 0.5) is 0 Å². The predicted molar refractivity (Wildman–Crippen MR) is 95.7 cm³/mol. The fourth-order valence-corrected chi connectivity index (χ4v) is 2.53. The van der Waals surface area contributed by atoms with E-state index in [0.29, 0.717) is 11.1 Å². The van der Waals surface area contributed by atoms with Gasteiger partial charge in [-0.1, -0.05) is 24.3 Å². The number of esters is 2. The fraction of sp³-hybridized carbons (Fsp3) is 0.263. The fourth-order valence-electron chi connectivity index (χ4n) is 2.53. The second kappa shape index (κ2) is 7.99. The summed E-state index contributed by atoms with van der Waals surface area (Å²) < 4.78 is 10.0. The highest BCUT2D eigenvalue weighted by atomic mass is 16.5. The Bertz CT molecular complexity index is 821. The molecule has 2 aromatic rings. The minimum absolute atomic E-state index is 0.0301. The van der Waals surface area contributed by atoms with E-state index in [0.717, 1.165) is 5.56 Å². The van der Waals surface area contributed by atoms with E-state index in [1.807, 2.05) is 6.07 Å². The highest BCUT2D eigenvalue weighted by Crippen LogP contribution is 2.29. The highest BCUT2D eigenvalue weighted by Gasteiger charge is 2.33. The Hall–Kier alpha value is -2.90. The van der Waals surface area contributed by atoms with Gasteiger partial charge in [0.05, 0.1) is 12.7 Å². The van der Waals surface area contributed by atoms with Crippen molar-refractivity contribution in [2.24, 2.45) is 5.84 Å². The molecule has 0 radical (unpaired) electrons. The molecule has 0 heterocycles. The second-order valence-corrected chi connectivity index (χ2v) is 6.15. The number of phenols is 1. The van der Waals surface area contributed by atoms with Crippen molar-refractivity contribution in [3.63, 3.8) is 0 Å². The third kappa shape index (κ3) is 4.19. The highest BCUT2D eigenvalue weighted by molar-refractivity contribution is 5.92. The van der Waals surface area contributed by atoms with Gasteiger partial charge >= 0.3 is 11.9 Å². The van der Waals surface area contributed by atoms with Crippen LogP contribution in [0.25, 0.3) is 0 Å². The van der Waals surface area contributed by atoms with Gasteiger partial charge in [-0.25, -0.2) is 10.2 Å². The Morgan fingerprint density at radius 2 is 1.92 bits per heavy atom. The van der Waals surface area contributed by atoms with Gasteiger partial charge in [-0.2, -0.15) is 0 Å². The first kappa shape index (κ1) is 19.4. The molecule has 0 saturated heterocycles. The molecule has 0 fully saturated rings. The number of hydrogen-bond acceptors (Lipinski definition) is 7. The first-order valence-electron chi connectivity index (χ1n) is 7.96. The monoisotopic (exact) mass is 358 g/mol. The van der Waals surface area contributed by atoms with Gasteiger partial charge in [0.15, 0.2) is 11.5 Å². The molecule has 0 aromatic heterocycles. The minimum atomic E-state index is -1.15. The van der Waals surface area contributed by atoms with Crippen molar-refractivity contribution in [1.29, 1.82) is 0 Å². The molecular formula is C19H22N2O5. The SMILES string of the molecule is COC(=O)C(C)(Cc1ccc(OC(=O)c2ccccc2C)c(O)c1)NN. The molecule has 26 heavy (non-hydrogen) atoms. The maximum Gasteiger partial charge on any atom is 0.343 e. The number of aryl methyl sites for hydroxylation is 1. The van der Waals surface area contributed by atoms with E-state index in [1.54, 1.807) is 38.1 Å². The van der Waals surface area contributed by atoms with Crippen molar-refractivity contribution in [2.45, 2.75) is 25.8 Å². The predicted octanol–water partition coefficient (Wildman–Crippen LogP) is 1.86. The molecular weight excluding hydrogens is 336 g/mol. The summed E-state index contributed by atoms with van der Waals surface area (Å²) >= 11 is 0. The molecule has 0 saturated carbocycles. The number of phenolic OH excluding ortho intramolecular Hbond substituents is 1. The van der Waals surface area contributed by atoms with Gasteiger partial charge in [-0.05, 0) is 43.2 Å². The number of carbonyl (C=O) groups excluding carboxylic acids is 2. The van der Waals surface area contributed by atoms with Gasteiger partial charge < -0.3 is 14.6 Å². The smallest absolute Gasteiger partial charge is 0.343 e. The van der Waals surface area contributed by atoms with Crippen molar-refractivity contribution in [1.82, 2.24) is 5.43 Å². The number of nitrogens with one attached hydrogen (secondary N) is 1. The summed E-state index contributed by atoms with van der Waals surface area (Å²) in [6.07, 6.45) is 0.176. The molecule has 1 atom stereocenters. The summed E-state index contributed by atoms with van der Waals surface area (Å²) in [6, 6.07) is 11.5. The first-order valence-corrected chi connectivity index (χ1v) is 7.96. The Balaban J connectivity index is 2.18. The maximum atomic E-state index is 12.3. The summed E-state index contributed by atoms with van der Waals surface area (Å²) in [7, 11) is 1.27. The zero-order valence-corrected chi connectivity index (χ0v) is 14.9. The molecule has 0 aliphatic carbocycles. The van der Waals surface area contributed by atoms with Crippen LogP contribution in [0.1, 0.15) is 28.4 Å². The zero-order chi connectivity index (χ0) is 19.3. The number of hydrogen-bond donors (Lipinski definition) is 3. The number of aromatic hydroxyl groups is 1. The van der Waals surface area contributed by atoms with Gasteiger partial charge in [0, 0.05) is 6.42 Å². The number of rotatable bonds is 6. The molecule has 0 spiro atoms. The van der Waals surface area contributed by atoms with Gasteiger partial charge in [0.2, 0.25) is 0 Å². The van der Waals surface area contributed by atoms with Crippen LogP contribution >= 0.6 is 0 Å². The van der Waals surface area contributed by atoms with Gasteiger partial charge in [0.1, 0.15) is 5.54 Å². The van der Waals surface area contributed by atoms with Gasteiger partial charge in [-0.15, -0.1) is 0 Å². The Morgan fingerprint density at radius 1 is 1.23 bits per heavy atom. The summed E-state index contributed by atoms with van der Waals surface area (Å²) in [5.74, 6) is 4.18. The van der Waals surface area contributed by atoms with Crippen LogP contribution in [0.3, 0.4) is 0 Å². The molecule has 138 valence electrons. The summed E-state index contributed by atoms with van der Waals surface area (Å²) in [6.45, 7) is 3.38. The van der Waals surface area contributed by atoms with Crippen LogP contribution in [-0.2, 0) is 16.0 Å². The van der Waals surface area contributed by atoms with Crippen LogP contribution in [-0.4, -0.2) is 29.7 Å². The first-order chi connectivity index (χ1) is 12.3. The van der Waals surface area contributed by atoms with Gasteiger partial charge in [0.25, 0.3) is 0 Å². The van der Waals surface area contributed by atoms with Crippen molar-refractivity contribution in [3.05, 3.63) is 59.2 Å². The zero-order valence-electron chi connectivity index (χ0n) is 14.9. The van der Waals surface area contributed by atoms with E-state index >= 15 is 0 Å². The van der Waals surface area contributed by atoms with Crippen molar-refractivity contribution < 1.29 is 24.2 Å². The lowest BCUT2D eigenvalue weighted by Crippen LogP contribution is -2.55. The summed E-state index contributed by atoms with van der Waals surface area (Å²) in [4.78, 5) is 24.1. The molecule has 0 aliphatic rings. The molecule has 1 unspecified atom stereocenters. The average molecular weight is 358 g/mol. The van der Waals surface area contributed by atoms with E-state index in [1.165, 1.54) is 19.2 Å². The molecule has 7 heteroatoms. The third-order valence-corrected chi connectivity index (χ3v) is 4.10. The molecule has 0 aliphatic heterocycles. The lowest BCUT2D eigenvalue weighted by Gasteiger charge is -2.25. The number of benzene rings is 2. The molecule has 2 aromatic carbocycles. The van der Waals surface area contributed by atoms with E-state index in [2.05, 4.69) is 5.43 Å². The quantitative estimate of drug-likeness (QED) is 0.313.